The largest absolute Gasteiger partial charge is 0.347 e. The molecule has 2 N–H and O–H groups in total. The van der Waals surface area contributed by atoms with Gasteiger partial charge in [0.2, 0.25) is 5.91 Å². The highest BCUT2D eigenvalue weighted by Crippen LogP contribution is 2.14. The summed E-state index contributed by atoms with van der Waals surface area (Å²) in [6.07, 6.45) is 5.50. The number of rotatable bonds is 6. The van der Waals surface area contributed by atoms with Crippen molar-refractivity contribution in [1.29, 1.82) is 0 Å². The Bertz CT molecular complexity index is 554. The summed E-state index contributed by atoms with van der Waals surface area (Å²) < 4.78 is 1.04. The fraction of sp³-hybridized carbons (Fsp3) is 0.333. The molecule has 0 saturated heterocycles. The molecule has 0 aliphatic carbocycles. The van der Waals surface area contributed by atoms with E-state index >= 15 is 0 Å². The third kappa shape index (κ3) is 4.20. The molecule has 1 aromatic carbocycles. The van der Waals surface area contributed by atoms with Crippen LogP contribution in [0, 0.1) is 0 Å². The first-order chi connectivity index (χ1) is 9.69. The molecule has 0 aliphatic rings. The molecule has 0 saturated carbocycles. The predicted octanol–water partition coefficient (Wildman–Crippen LogP) is 3.37. The van der Waals surface area contributed by atoms with Crippen LogP contribution in [0.15, 0.2) is 41.1 Å². The van der Waals surface area contributed by atoms with Gasteiger partial charge in [0.15, 0.2) is 0 Å². The maximum Gasteiger partial charge on any atom is 0.220 e. The first kappa shape index (κ1) is 14.8. The smallest absolute Gasteiger partial charge is 0.220 e. The third-order valence-corrected chi connectivity index (χ3v) is 3.62. The lowest BCUT2D eigenvalue weighted by molar-refractivity contribution is -0.121. The molecule has 1 amide bonds. The number of aromatic nitrogens is 2. The standard InChI is InChI=1S/C15H18BrN3O/c1-2-13(15-17-8-9-18-15)19-14(20)7-6-11-4-3-5-12(16)10-11/h3-5,8-10,13H,2,6-7H2,1H3,(H,17,18)(H,19,20). The van der Waals surface area contributed by atoms with Gasteiger partial charge in [-0.1, -0.05) is 35.0 Å². The van der Waals surface area contributed by atoms with Crippen molar-refractivity contribution >= 4 is 21.8 Å². The topological polar surface area (TPSA) is 57.8 Å². The van der Waals surface area contributed by atoms with Crippen LogP contribution < -0.4 is 5.32 Å². The zero-order chi connectivity index (χ0) is 14.4. The Kier molecular flexibility index (Phi) is 5.35. The summed E-state index contributed by atoms with van der Waals surface area (Å²) in [5.41, 5.74) is 1.15. The van der Waals surface area contributed by atoms with Gasteiger partial charge >= 0.3 is 0 Å². The zero-order valence-corrected chi connectivity index (χ0v) is 13.0. The van der Waals surface area contributed by atoms with E-state index in [-0.39, 0.29) is 11.9 Å². The van der Waals surface area contributed by atoms with Crippen LogP contribution in [0.2, 0.25) is 0 Å². The molecule has 5 heteroatoms. The molecule has 0 spiro atoms. The molecule has 1 atom stereocenters. The predicted molar refractivity (Wildman–Crippen MR) is 82.2 cm³/mol. The molecule has 2 rings (SSSR count). The molecule has 106 valence electrons. The summed E-state index contributed by atoms with van der Waals surface area (Å²) in [6.45, 7) is 2.03. The fourth-order valence-electron chi connectivity index (χ4n) is 2.05. The van der Waals surface area contributed by atoms with Crippen molar-refractivity contribution in [2.45, 2.75) is 32.2 Å². The average molecular weight is 336 g/mol. The molecule has 0 fully saturated rings. The van der Waals surface area contributed by atoms with Gasteiger partial charge in [-0.05, 0) is 30.5 Å². The van der Waals surface area contributed by atoms with Crippen LogP contribution in [-0.2, 0) is 11.2 Å². The third-order valence-electron chi connectivity index (χ3n) is 3.12. The second-order valence-corrected chi connectivity index (χ2v) is 5.55. The summed E-state index contributed by atoms with van der Waals surface area (Å²) in [5.74, 6) is 0.858. The van der Waals surface area contributed by atoms with Gasteiger partial charge in [0.1, 0.15) is 5.82 Å². The van der Waals surface area contributed by atoms with E-state index in [9.17, 15) is 4.79 Å². The molecule has 0 radical (unpaired) electrons. The van der Waals surface area contributed by atoms with E-state index in [2.05, 4.69) is 31.2 Å². The average Bonchev–Trinajstić information content (AvgIpc) is 2.96. The van der Waals surface area contributed by atoms with Crippen molar-refractivity contribution in [3.05, 3.63) is 52.5 Å². The van der Waals surface area contributed by atoms with Gasteiger partial charge in [0, 0.05) is 23.3 Å². The molecule has 1 unspecified atom stereocenters. The van der Waals surface area contributed by atoms with Gasteiger partial charge in [0.25, 0.3) is 0 Å². The summed E-state index contributed by atoms with van der Waals surface area (Å²) in [5, 5.41) is 3.01. The highest BCUT2D eigenvalue weighted by atomic mass is 79.9. The first-order valence-corrected chi connectivity index (χ1v) is 7.51. The second kappa shape index (κ2) is 7.24. The second-order valence-electron chi connectivity index (χ2n) is 4.63. The van der Waals surface area contributed by atoms with Gasteiger partial charge in [-0.15, -0.1) is 0 Å². The van der Waals surface area contributed by atoms with E-state index in [1.807, 2.05) is 31.2 Å². The molecule has 1 heterocycles. The van der Waals surface area contributed by atoms with Crippen molar-refractivity contribution in [3.8, 4) is 0 Å². The van der Waals surface area contributed by atoms with Crippen molar-refractivity contribution < 1.29 is 4.79 Å². The van der Waals surface area contributed by atoms with Gasteiger partial charge in [0.05, 0.1) is 6.04 Å². The van der Waals surface area contributed by atoms with Gasteiger partial charge in [-0.25, -0.2) is 4.98 Å². The molecular weight excluding hydrogens is 318 g/mol. The minimum atomic E-state index is -0.0417. The van der Waals surface area contributed by atoms with Crippen molar-refractivity contribution in [3.63, 3.8) is 0 Å². The number of aromatic amines is 1. The van der Waals surface area contributed by atoms with E-state index < -0.39 is 0 Å². The Morgan fingerprint density at radius 1 is 1.50 bits per heavy atom. The van der Waals surface area contributed by atoms with E-state index in [0.717, 1.165) is 28.7 Å². The maximum absolute atomic E-state index is 12.0. The van der Waals surface area contributed by atoms with Crippen molar-refractivity contribution in [2.24, 2.45) is 0 Å². The number of nitrogens with zero attached hydrogens (tertiary/aromatic N) is 1. The number of carbonyl (C=O) groups is 1. The number of amides is 1. The minimum Gasteiger partial charge on any atom is -0.347 e. The quantitative estimate of drug-likeness (QED) is 0.850. The Morgan fingerprint density at radius 3 is 3.00 bits per heavy atom. The zero-order valence-electron chi connectivity index (χ0n) is 11.4. The van der Waals surface area contributed by atoms with Crippen LogP contribution >= 0.6 is 15.9 Å². The summed E-state index contributed by atoms with van der Waals surface area (Å²) >= 11 is 3.43. The van der Waals surface area contributed by atoms with Gasteiger partial charge in [-0.2, -0.15) is 0 Å². The number of aryl methyl sites for hydroxylation is 1. The van der Waals surface area contributed by atoms with Gasteiger partial charge in [-0.3, -0.25) is 4.79 Å². The molecule has 1 aromatic heterocycles. The maximum atomic E-state index is 12.0. The Morgan fingerprint density at radius 2 is 2.35 bits per heavy atom. The van der Waals surface area contributed by atoms with Crippen LogP contribution in [0.5, 0.6) is 0 Å². The van der Waals surface area contributed by atoms with Gasteiger partial charge < -0.3 is 10.3 Å². The number of hydrogen-bond acceptors (Lipinski definition) is 2. The number of imidazole rings is 1. The van der Waals surface area contributed by atoms with Crippen LogP contribution in [0.1, 0.15) is 37.2 Å². The van der Waals surface area contributed by atoms with E-state index in [0.29, 0.717) is 6.42 Å². The van der Waals surface area contributed by atoms with Crippen LogP contribution in [0.25, 0.3) is 0 Å². The molecule has 4 nitrogen and oxygen atoms in total. The number of H-pyrrole nitrogens is 1. The molecule has 20 heavy (non-hydrogen) atoms. The normalized spacial score (nSPS) is 12.1. The Labute approximate surface area is 127 Å². The van der Waals surface area contributed by atoms with E-state index in [1.54, 1.807) is 12.4 Å². The lowest BCUT2D eigenvalue weighted by Crippen LogP contribution is -2.29. The first-order valence-electron chi connectivity index (χ1n) is 6.72. The highest BCUT2D eigenvalue weighted by molar-refractivity contribution is 9.10. The van der Waals surface area contributed by atoms with E-state index in [4.69, 9.17) is 0 Å². The lowest BCUT2D eigenvalue weighted by atomic mass is 10.1. The number of benzene rings is 1. The lowest BCUT2D eigenvalue weighted by Gasteiger charge is -2.14. The molecule has 2 aromatic rings. The molecule has 0 bridgehead atoms. The number of nitrogens with one attached hydrogen (secondary N) is 2. The number of hydrogen-bond donors (Lipinski definition) is 2. The number of carbonyl (C=O) groups excluding carboxylic acids is 1. The highest BCUT2D eigenvalue weighted by Gasteiger charge is 2.14. The summed E-state index contributed by atoms with van der Waals surface area (Å²) in [7, 11) is 0. The van der Waals surface area contributed by atoms with Crippen molar-refractivity contribution in [1.82, 2.24) is 15.3 Å². The van der Waals surface area contributed by atoms with Crippen LogP contribution in [-0.4, -0.2) is 15.9 Å². The minimum absolute atomic E-state index is 0.0417. The Balaban J connectivity index is 1.86. The summed E-state index contributed by atoms with van der Waals surface area (Å²) in [4.78, 5) is 19.2. The summed E-state index contributed by atoms with van der Waals surface area (Å²) in [6, 6.07) is 7.99. The van der Waals surface area contributed by atoms with E-state index in [1.165, 1.54) is 0 Å². The SMILES string of the molecule is CCC(NC(=O)CCc1cccc(Br)c1)c1ncc[nH]1. The fourth-order valence-corrected chi connectivity index (χ4v) is 2.50. The molecular formula is C15H18BrN3O. The molecule has 0 aliphatic heterocycles. The monoisotopic (exact) mass is 335 g/mol. The Hall–Kier alpha value is -1.62. The van der Waals surface area contributed by atoms with Crippen molar-refractivity contribution in [2.75, 3.05) is 0 Å². The number of halogens is 1. The van der Waals surface area contributed by atoms with Crippen LogP contribution in [0.4, 0.5) is 0 Å². The van der Waals surface area contributed by atoms with Crippen LogP contribution in [0.3, 0.4) is 0 Å².